The lowest BCUT2D eigenvalue weighted by Crippen LogP contribution is -2.29. The Bertz CT molecular complexity index is 666. The SMILES string of the molecule is O=C(O)C1CCC(Nc2nccc3cc(Br)ccc23)CC1. The second-order valence-corrected chi connectivity index (χ2v) is 6.47. The van der Waals surface area contributed by atoms with Crippen molar-refractivity contribution in [2.45, 2.75) is 31.7 Å². The maximum atomic E-state index is 11.0. The Morgan fingerprint density at radius 2 is 2.00 bits per heavy atom. The fourth-order valence-corrected chi connectivity index (χ4v) is 3.32. The molecule has 0 spiro atoms. The van der Waals surface area contributed by atoms with Crippen molar-refractivity contribution in [1.29, 1.82) is 0 Å². The van der Waals surface area contributed by atoms with Crippen LogP contribution in [0.3, 0.4) is 0 Å². The highest BCUT2D eigenvalue weighted by Crippen LogP contribution is 2.29. The van der Waals surface area contributed by atoms with Crippen LogP contribution in [0.5, 0.6) is 0 Å². The van der Waals surface area contributed by atoms with E-state index in [0.717, 1.165) is 46.7 Å². The van der Waals surface area contributed by atoms with Crippen LogP contribution in [0.4, 0.5) is 5.82 Å². The van der Waals surface area contributed by atoms with Crippen LogP contribution in [-0.2, 0) is 4.79 Å². The zero-order chi connectivity index (χ0) is 14.8. The number of hydrogen-bond donors (Lipinski definition) is 2. The molecule has 0 atom stereocenters. The average Bonchev–Trinajstić information content (AvgIpc) is 2.47. The van der Waals surface area contributed by atoms with Gasteiger partial charge in [0.25, 0.3) is 0 Å². The first-order valence-electron chi connectivity index (χ1n) is 7.17. The van der Waals surface area contributed by atoms with Gasteiger partial charge in [-0.05, 0) is 55.3 Å². The molecule has 2 N–H and O–H groups in total. The normalized spacial score (nSPS) is 22.1. The quantitative estimate of drug-likeness (QED) is 0.878. The molecule has 1 saturated carbocycles. The predicted molar refractivity (Wildman–Crippen MR) is 86.4 cm³/mol. The standard InChI is InChI=1S/C16H17BrN2O2/c17-12-3-6-14-11(9-12)7-8-18-15(14)19-13-4-1-10(2-5-13)16(20)21/h3,6-10,13H,1-2,4-5H2,(H,18,19)(H,20,21). The molecular formula is C16H17BrN2O2. The molecule has 110 valence electrons. The summed E-state index contributed by atoms with van der Waals surface area (Å²) in [6.45, 7) is 0. The van der Waals surface area contributed by atoms with E-state index in [4.69, 9.17) is 5.11 Å². The minimum atomic E-state index is -0.665. The summed E-state index contributed by atoms with van der Waals surface area (Å²) >= 11 is 3.48. The number of hydrogen-bond acceptors (Lipinski definition) is 3. The van der Waals surface area contributed by atoms with E-state index in [1.807, 2.05) is 12.1 Å². The smallest absolute Gasteiger partial charge is 0.306 e. The summed E-state index contributed by atoms with van der Waals surface area (Å²) in [4.78, 5) is 15.4. The number of nitrogens with one attached hydrogen (secondary N) is 1. The van der Waals surface area contributed by atoms with Gasteiger partial charge < -0.3 is 10.4 Å². The molecule has 21 heavy (non-hydrogen) atoms. The van der Waals surface area contributed by atoms with Crippen LogP contribution in [0.15, 0.2) is 34.9 Å². The number of aliphatic carboxylic acids is 1. The van der Waals surface area contributed by atoms with Crippen molar-refractivity contribution in [2.24, 2.45) is 5.92 Å². The molecule has 0 unspecified atom stereocenters. The summed E-state index contributed by atoms with van der Waals surface area (Å²) in [5.41, 5.74) is 0. The fourth-order valence-electron chi connectivity index (χ4n) is 2.94. The summed E-state index contributed by atoms with van der Waals surface area (Å²) in [6.07, 6.45) is 5.05. The number of carbonyl (C=O) groups is 1. The van der Waals surface area contributed by atoms with Crippen LogP contribution < -0.4 is 5.32 Å². The largest absolute Gasteiger partial charge is 0.481 e. The summed E-state index contributed by atoms with van der Waals surface area (Å²) in [5, 5.41) is 14.8. The van der Waals surface area contributed by atoms with E-state index >= 15 is 0 Å². The van der Waals surface area contributed by atoms with Crippen molar-refractivity contribution in [3.63, 3.8) is 0 Å². The maximum Gasteiger partial charge on any atom is 0.306 e. The van der Waals surface area contributed by atoms with Gasteiger partial charge in [0, 0.05) is 22.1 Å². The van der Waals surface area contributed by atoms with E-state index in [1.165, 1.54) is 0 Å². The van der Waals surface area contributed by atoms with Crippen LogP contribution in [0.1, 0.15) is 25.7 Å². The van der Waals surface area contributed by atoms with E-state index in [2.05, 4.69) is 38.4 Å². The average molecular weight is 349 g/mol. The molecule has 0 aliphatic heterocycles. The van der Waals surface area contributed by atoms with Gasteiger partial charge in [0.05, 0.1) is 5.92 Å². The lowest BCUT2D eigenvalue weighted by molar-refractivity contribution is -0.142. The first-order valence-corrected chi connectivity index (χ1v) is 7.96. The van der Waals surface area contributed by atoms with Gasteiger partial charge in [-0.2, -0.15) is 0 Å². The van der Waals surface area contributed by atoms with Gasteiger partial charge in [-0.3, -0.25) is 4.79 Å². The van der Waals surface area contributed by atoms with Gasteiger partial charge in [-0.25, -0.2) is 4.98 Å². The van der Waals surface area contributed by atoms with Crippen LogP contribution in [0.25, 0.3) is 10.8 Å². The van der Waals surface area contributed by atoms with Gasteiger partial charge in [-0.15, -0.1) is 0 Å². The minimum absolute atomic E-state index is 0.181. The molecule has 0 saturated heterocycles. The van der Waals surface area contributed by atoms with Gasteiger partial charge >= 0.3 is 5.97 Å². The summed E-state index contributed by atoms with van der Waals surface area (Å²) in [7, 11) is 0. The summed E-state index contributed by atoms with van der Waals surface area (Å²) in [5.74, 6) is 0.0415. The Balaban J connectivity index is 1.75. The molecule has 4 nitrogen and oxygen atoms in total. The van der Waals surface area contributed by atoms with Gasteiger partial charge in [0.2, 0.25) is 0 Å². The number of fused-ring (bicyclic) bond motifs is 1. The Morgan fingerprint density at radius 3 is 2.71 bits per heavy atom. The minimum Gasteiger partial charge on any atom is -0.481 e. The third-order valence-corrected chi connectivity index (χ3v) is 4.64. The lowest BCUT2D eigenvalue weighted by atomic mass is 9.86. The van der Waals surface area contributed by atoms with Crippen LogP contribution in [-0.4, -0.2) is 22.1 Å². The van der Waals surface area contributed by atoms with E-state index in [-0.39, 0.29) is 5.92 Å². The van der Waals surface area contributed by atoms with E-state index in [9.17, 15) is 4.79 Å². The van der Waals surface area contributed by atoms with Crippen LogP contribution in [0, 0.1) is 5.92 Å². The zero-order valence-corrected chi connectivity index (χ0v) is 13.1. The molecule has 1 heterocycles. The molecule has 1 aromatic heterocycles. The fraction of sp³-hybridized carbons (Fsp3) is 0.375. The van der Waals surface area contributed by atoms with Crippen LogP contribution in [0.2, 0.25) is 0 Å². The Kier molecular flexibility index (Phi) is 4.10. The first kappa shape index (κ1) is 14.3. The molecule has 0 bridgehead atoms. The number of rotatable bonds is 3. The third kappa shape index (κ3) is 3.18. The summed E-state index contributed by atoms with van der Waals surface area (Å²) < 4.78 is 1.05. The second kappa shape index (κ2) is 6.02. The topological polar surface area (TPSA) is 62.2 Å². The number of carboxylic acids is 1. The van der Waals surface area contributed by atoms with Gasteiger partial charge in [-0.1, -0.05) is 15.9 Å². The number of halogens is 1. The molecule has 0 radical (unpaired) electrons. The van der Waals surface area contributed by atoms with E-state index in [0.29, 0.717) is 6.04 Å². The van der Waals surface area contributed by atoms with Crippen molar-refractivity contribution in [2.75, 3.05) is 5.32 Å². The third-order valence-electron chi connectivity index (χ3n) is 4.14. The van der Waals surface area contributed by atoms with Crippen molar-refractivity contribution < 1.29 is 9.90 Å². The molecular weight excluding hydrogens is 332 g/mol. The Morgan fingerprint density at radius 1 is 1.24 bits per heavy atom. The number of anilines is 1. The highest BCUT2D eigenvalue weighted by atomic mass is 79.9. The van der Waals surface area contributed by atoms with Gasteiger partial charge in [0.1, 0.15) is 5.82 Å². The molecule has 1 fully saturated rings. The molecule has 1 aliphatic carbocycles. The Labute approximate surface area is 131 Å². The van der Waals surface area contributed by atoms with Crippen LogP contribution >= 0.6 is 15.9 Å². The predicted octanol–water partition coefficient (Wildman–Crippen LogP) is 4.05. The number of aromatic nitrogens is 1. The van der Waals surface area contributed by atoms with Crippen molar-refractivity contribution in [3.05, 3.63) is 34.9 Å². The summed E-state index contributed by atoms with van der Waals surface area (Å²) in [6, 6.07) is 8.44. The molecule has 2 aromatic rings. The maximum absolute atomic E-state index is 11.0. The molecule has 1 aromatic carbocycles. The van der Waals surface area contributed by atoms with E-state index < -0.39 is 5.97 Å². The lowest BCUT2D eigenvalue weighted by Gasteiger charge is -2.27. The number of benzene rings is 1. The highest BCUT2D eigenvalue weighted by Gasteiger charge is 2.26. The molecule has 0 amide bonds. The van der Waals surface area contributed by atoms with Crippen molar-refractivity contribution >= 4 is 38.5 Å². The molecule has 5 heteroatoms. The molecule has 3 rings (SSSR count). The molecule has 1 aliphatic rings. The monoisotopic (exact) mass is 348 g/mol. The van der Waals surface area contributed by atoms with Crippen molar-refractivity contribution in [3.8, 4) is 0 Å². The zero-order valence-electron chi connectivity index (χ0n) is 11.6. The Hall–Kier alpha value is -1.62. The highest BCUT2D eigenvalue weighted by molar-refractivity contribution is 9.10. The van der Waals surface area contributed by atoms with Gasteiger partial charge in [0.15, 0.2) is 0 Å². The second-order valence-electron chi connectivity index (χ2n) is 5.56. The number of carboxylic acid groups (broad SMARTS) is 1. The van der Waals surface area contributed by atoms with E-state index in [1.54, 1.807) is 6.20 Å². The number of nitrogens with zero attached hydrogens (tertiary/aromatic N) is 1. The first-order chi connectivity index (χ1) is 10.1. The van der Waals surface area contributed by atoms with Crippen molar-refractivity contribution in [1.82, 2.24) is 4.98 Å². The number of pyridine rings is 1.